The zero-order valence-corrected chi connectivity index (χ0v) is 29.8. The van der Waals surface area contributed by atoms with Gasteiger partial charge in [-0.2, -0.15) is 0 Å². The molecule has 0 aliphatic carbocycles. The summed E-state index contributed by atoms with van der Waals surface area (Å²) in [6.07, 6.45) is -0.336. The van der Waals surface area contributed by atoms with Gasteiger partial charge >= 0.3 is 0 Å². The minimum Gasteiger partial charge on any atom is -0.500 e. The van der Waals surface area contributed by atoms with Gasteiger partial charge in [-0.3, -0.25) is 4.98 Å². The minimum atomic E-state index is -3.00. The number of nitrogens with zero attached hydrogens (tertiary/aromatic N) is 3. The number of aromatic nitrogens is 3. The first kappa shape index (κ1) is 19.9. The predicted molar refractivity (Wildman–Crippen MR) is 196 cm³/mol. The van der Waals surface area contributed by atoms with Gasteiger partial charge in [0.2, 0.25) is 0 Å². The Hall–Kier alpha value is -3.92. The number of pyridine rings is 3. The van der Waals surface area contributed by atoms with Gasteiger partial charge < -0.3 is 14.4 Å². The summed E-state index contributed by atoms with van der Waals surface area (Å²) in [5, 5.41) is 0.460. The van der Waals surface area contributed by atoms with Crippen LogP contribution in [0.3, 0.4) is 0 Å². The molecule has 48 heavy (non-hydrogen) atoms. The van der Waals surface area contributed by atoms with E-state index < -0.39 is 67.8 Å². The molecule has 0 amide bonds. The maximum Gasteiger partial charge on any atom is 0.124 e. The summed E-state index contributed by atoms with van der Waals surface area (Å²) in [5.41, 5.74) is -0.194. The summed E-state index contributed by atoms with van der Waals surface area (Å²) < 4.78 is 136. The Balaban J connectivity index is 0.000000274. The molecule has 0 N–H and O–H groups in total. The molecule has 0 bridgehead atoms. The molecule has 249 valence electrons. The Labute approximate surface area is 321 Å². The molecule has 3 aromatic carbocycles. The fourth-order valence-corrected chi connectivity index (χ4v) is 5.42. The second-order valence-electron chi connectivity index (χ2n) is 13.5. The van der Waals surface area contributed by atoms with Crippen molar-refractivity contribution in [2.75, 3.05) is 0 Å². The molecule has 0 saturated heterocycles. The molecule has 0 atom stereocenters. The van der Waals surface area contributed by atoms with Crippen LogP contribution in [0.1, 0.15) is 97.0 Å². The molecule has 7 aromatic rings. The van der Waals surface area contributed by atoms with Crippen LogP contribution in [0.4, 0.5) is 0 Å². The van der Waals surface area contributed by atoms with Crippen molar-refractivity contribution >= 4 is 32.8 Å². The van der Waals surface area contributed by atoms with Crippen LogP contribution in [0.25, 0.3) is 55.4 Å². The smallest absolute Gasteiger partial charge is 0.124 e. The van der Waals surface area contributed by atoms with Crippen LogP contribution >= 0.6 is 0 Å². The average molecular weight is 828 g/mol. The summed E-state index contributed by atoms with van der Waals surface area (Å²) >= 11 is 0. The van der Waals surface area contributed by atoms with Crippen molar-refractivity contribution in [2.45, 2.75) is 81.7 Å². The Kier molecular flexibility index (Phi) is 5.62. The van der Waals surface area contributed by atoms with E-state index >= 15 is 0 Å². The van der Waals surface area contributed by atoms with Crippen molar-refractivity contribution < 1.29 is 46.5 Å². The van der Waals surface area contributed by atoms with Gasteiger partial charge in [-0.1, -0.05) is 83.1 Å². The van der Waals surface area contributed by atoms with Crippen molar-refractivity contribution in [1.82, 2.24) is 15.0 Å². The Morgan fingerprint density at radius 1 is 0.729 bits per heavy atom. The monoisotopic (exact) mass is 828 g/mol. The van der Waals surface area contributed by atoms with E-state index in [1.165, 1.54) is 36.7 Å². The van der Waals surface area contributed by atoms with E-state index in [1.54, 1.807) is 51.1 Å². The first-order chi connectivity index (χ1) is 28.6. The Morgan fingerprint density at radius 3 is 2.17 bits per heavy atom. The molecule has 0 aliphatic heterocycles. The zero-order valence-electron chi connectivity index (χ0n) is 43.4. The largest absolute Gasteiger partial charge is 0.500 e. The van der Waals surface area contributed by atoms with Gasteiger partial charge in [0.15, 0.2) is 0 Å². The second kappa shape index (κ2) is 13.5. The van der Waals surface area contributed by atoms with Gasteiger partial charge in [-0.15, -0.1) is 53.1 Å². The molecule has 0 aliphatic rings. The van der Waals surface area contributed by atoms with Gasteiger partial charge in [0.25, 0.3) is 0 Å². The third-order valence-electron chi connectivity index (χ3n) is 7.19. The number of hydrogen-bond acceptors (Lipinski definition) is 4. The zero-order chi connectivity index (χ0) is 47.3. The third-order valence-corrected chi connectivity index (χ3v) is 7.19. The van der Waals surface area contributed by atoms with E-state index in [1.807, 2.05) is 20.8 Å². The van der Waals surface area contributed by atoms with Gasteiger partial charge in [0, 0.05) is 71.6 Å². The first-order valence-electron chi connectivity index (χ1n) is 23.1. The number of aryl methyl sites for hydroxylation is 4. The minimum absolute atomic E-state index is 0. The molecule has 0 saturated carbocycles. The summed E-state index contributed by atoms with van der Waals surface area (Å²) in [7, 11) is 0. The van der Waals surface area contributed by atoms with E-state index in [9.17, 15) is 0 Å². The normalized spacial score (nSPS) is 18.5. The van der Waals surface area contributed by atoms with Gasteiger partial charge in [0.05, 0.1) is 11.1 Å². The van der Waals surface area contributed by atoms with Crippen molar-refractivity contribution in [3.8, 4) is 22.5 Å². The number of rotatable bonds is 4. The summed E-state index contributed by atoms with van der Waals surface area (Å²) in [6.45, 7) is -0.00655. The number of furan rings is 1. The fourth-order valence-electron chi connectivity index (χ4n) is 5.42. The van der Waals surface area contributed by atoms with Gasteiger partial charge in [-0.05, 0) is 78.1 Å². The van der Waals surface area contributed by atoms with E-state index in [4.69, 9.17) is 26.3 Å². The molecule has 0 unspecified atom stereocenters. The Bertz CT molecular complexity index is 2790. The van der Waals surface area contributed by atoms with Crippen molar-refractivity contribution in [3.05, 3.63) is 113 Å². The molecule has 4 nitrogen and oxygen atoms in total. The third kappa shape index (κ3) is 7.53. The first-order valence-corrected chi connectivity index (χ1v) is 15.1. The quantitative estimate of drug-likeness (QED) is 0.131. The molecular formula is C43H45IrN3O-2. The van der Waals surface area contributed by atoms with Crippen LogP contribution in [0.2, 0.25) is 0 Å². The van der Waals surface area contributed by atoms with Crippen LogP contribution in [-0.2, 0) is 32.9 Å². The summed E-state index contributed by atoms with van der Waals surface area (Å²) in [5.74, 6) is 0. The van der Waals surface area contributed by atoms with Crippen LogP contribution in [0.5, 0.6) is 0 Å². The molecule has 7 rings (SSSR count). The van der Waals surface area contributed by atoms with Crippen LogP contribution < -0.4 is 0 Å². The maximum atomic E-state index is 8.71. The van der Waals surface area contributed by atoms with Gasteiger partial charge in [0.1, 0.15) is 5.58 Å². The SMILES string of the molecule is [2H]C([2H])([2H])c1c[c-]c(-c2ccc(C([2H])([2H])C(C)(C)C)cn2)cc1.[2H]C([2H])([2H])c1cc2oc3c[c-]c(-c4cc(C([2H])([2H])C(C)(C)C)ccn4)c4c(C([2H])([2H])[2H])c(C([2H])([2H])[2H])c(n1)c2c34.[Ir]. The van der Waals surface area contributed by atoms with Crippen LogP contribution in [-0.4, -0.2) is 15.0 Å². The molecule has 1 radical (unpaired) electrons. The van der Waals surface area contributed by atoms with E-state index in [-0.39, 0.29) is 69.8 Å². The molecule has 4 heterocycles. The molecule has 0 spiro atoms. The van der Waals surface area contributed by atoms with Crippen molar-refractivity contribution in [2.24, 2.45) is 10.8 Å². The average Bonchev–Trinajstić information content (AvgIpc) is 3.54. The summed E-state index contributed by atoms with van der Waals surface area (Å²) in [6, 6.07) is 19.8. The number of benzene rings is 3. The van der Waals surface area contributed by atoms with Crippen molar-refractivity contribution in [1.29, 1.82) is 0 Å². The standard InChI is InChI=1S/C26H25N2O.C17H20N.Ir/c1-14-11-21-24-23-20(29-21)8-7-18(22(23)15(2)16(3)25(24)28-14)19-12-17(9-10-27-19)13-26(4,5)6;1-13-5-8-15(9-6-13)16-10-7-14(12-18-16)11-17(2,3)4;/h8-12H,13H2,1-6H3;5-8,10,12H,11H2,1-4H3;/q2*-1;/i1D3,2D3,3D3,13D2;1D3,11D2;. The summed E-state index contributed by atoms with van der Waals surface area (Å²) in [4.78, 5) is 12.9. The van der Waals surface area contributed by atoms with Crippen LogP contribution in [0, 0.1) is 50.4 Å². The number of hydrogen-bond donors (Lipinski definition) is 0. The topological polar surface area (TPSA) is 51.8 Å². The van der Waals surface area contributed by atoms with Gasteiger partial charge in [-0.25, -0.2) is 0 Å². The van der Waals surface area contributed by atoms with E-state index in [2.05, 4.69) is 27.1 Å². The molecule has 5 heteroatoms. The molecule has 0 fully saturated rings. The molecular weight excluding hydrogens is 767 g/mol. The van der Waals surface area contributed by atoms with Crippen molar-refractivity contribution in [3.63, 3.8) is 0 Å². The van der Waals surface area contributed by atoms with E-state index in [0.29, 0.717) is 22.4 Å². The second-order valence-corrected chi connectivity index (χ2v) is 13.5. The predicted octanol–water partition coefficient (Wildman–Crippen LogP) is 11.4. The fraction of sp³-hybridized carbons (Fsp3) is 0.326. The molecule has 4 aromatic heterocycles. The van der Waals surface area contributed by atoms with E-state index in [0.717, 1.165) is 0 Å². The van der Waals surface area contributed by atoms with Crippen LogP contribution in [0.15, 0.2) is 71.4 Å². The maximum absolute atomic E-state index is 8.71. The Morgan fingerprint density at radius 2 is 1.52 bits per heavy atom.